The van der Waals surface area contributed by atoms with E-state index in [9.17, 15) is 4.79 Å². The number of rotatable bonds is 8. The van der Waals surface area contributed by atoms with E-state index in [-0.39, 0.29) is 5.91 Å². The molecule has 1 amide bonds. The van der Waals surface area contributed by atoms with Gasteiger partial charge in [-0.15, -0.1) is 0 Å². The Kier molecular flexibility index (Phi) is 6.76. The molecule has 0 spiro atoms. The number of aromatic nitrogens is 1. The van der Waals surface area contributed by atoms with Gasteiger partial charge in [-0.25, -0.2) is 0 Å². The van der Waals surface area contributed by atoms with E-state index in [1.165, 1.54) is 11.1 Å². The van der Waals surface area contributed by atoms with Crippen LogP contribution in [0.4, 0.5) is 0 Å². The van der Waals surface area contributed by atoms with Crippen LogP contribution in [-0.2, 0) is 17.8 Å². The Balaban J connectivity index is 1.63. The molecule has 0 aliphatic rings. The highest BCUT2D eigenvalue weighted by atomic mass is 16.1. The van der Waals surface area contributed by atoms with Crippen LogP contribution in [0.3, 0.4) is 0 Å². The van der Waals surface area contributed by atoms with Crippen molar-refractivity contribution in [2.24, 2.45) is 0 Å². The topological polar surface area (TPSA) is 45.2 Å². The van der Waals surface area contributed by atoms with Crippen molar-refractivity contribution >= 4 is 5.91 Å². The lowest BCUT2D eigenvalue weighted by Gasteiger charge is -2.16. The van der Waals surface area contributed by atoms with Gasteiger partial charge in [0.05, 0.1) is 0 Å². The average Bonchev–Trinajstić information content (AvgIpc) is 2.57. The summed E-state index contributed by atoms with van der Waals surface area (Å²) in [5.41, 5.74) is 3.63. The lowest BCUT2D eigenvalue weighted by molar-refractivity contribution is -0.121. The summed E-state index contributed by atoms with van der Waals surface area (Å²) in [4.78, 5) is 18.1. The largest absolute Gasteiger partial charge is 0.352 e. The van der Waals surface area contributed by atoms with Gasteiger partial charge < -0.3 is 10.2 Å². The summed E-state index contributed by atoms with van der Waals surface area (Å²) < 4.78 is 0. The number of aryl methyl sites for hydroxylation is 1. The van der Waals surface area contributed by atoms with Crippen molar-refractivity contribution < 1.29 is 4.79 Å². The van der Waals surface area contributed by atoms with E-state index >= 15 is 0 Å². The van der Waals surface area contributed by atoms with Gasteiger partial charge in [-0.3, -0.25) is 9.78 Å². The molecule has 0 saturated heterocycles. The quantitative estimate of drug-likeness (QED) is 0.815. The van der Waals surface area contributed by atoms with Gasteiger partial charge in [0.15, 0.2) is 0 Å². The number of hydrogen-bond donors (Lipinski definition) is 1. The fraction of sp³-hybridized carbons (Fsp3) is 0.368. The molecule has 0 bridgehead atoms. The highest BCUT2D eigenvalue weighted by Gasteiger charge is 2.05. The molecular formula is C19H25N3O. The summed E-state index contributed by atoms with van der Waals surface area (Å²) >= 11 is 0. The van der Waals surface area contributed by atoms with Gasteiger partial charge >= 0.3 is 0 Å². The zero-order chi connectivity index (χ0) is 16.5. The monoisotopic (exact) mass is 311 g/mol. The van der Waals surface area contributed by atoms with Crippen molar-refractivity contribution in [2.75, 3.05) is 20.1 Å². The summed E-state index contributed by atoms with van der Waals surface area (Å²) in [6.07, 6.45) is 5.13. The summed E-state index contributed by atoms with van der Waals surface area (Å²) in [5, 5.41) is 2.98. The minimum absolute atomic E-state index is 0.0993. The molecule has 0 saturated carbocycles. The average molecular weight is 311 g/mol. The molecule has 1 aromatic carbocycles. The molecule has 0 aliphatic carbocycles. The summed E-state index contributed by atoms with van der Waals surface area (Å²) in [5.74, 6) is 0.0993. The SMILES string of the molecule is Cc1cccc(CNC(=O)CCN(C)CCc2ccncc2)c1. The molecule has 0 fully saturated rings. The third-order valence-electron chi connectivity index (χ3n) is 3.82. The molecule has 4 heteroatoms. The molecule has 1 aromatic heterocycles. The maximum atomic E-state index is 11.9. The predicted octanol–water partition coefficient (Wildman–Crippen LogP) is 2.57. The molecular weight excluding hydrogens is 286 g/mol. The van der Waals surface area contributed by atoms with Gasteiger partial charge in [-0.05, 0) is 43.7 Å². The van der Waals surface area contributed by atoms with Gasteiger partial charge in [0.2, 0.25) is 5.91 Å². The Morgan fingerprint density at radius 1 is 1.13 bits per heavy atom. The standard InChI is InChI=1S/C19H25N3O/c1-16-4-3-5-18(14-16)15-21-19(23)9-13-22(2)12-8-17-6-10-20-11-7-17/h3-7,10-11,14H,8-9,12-13,15H2,1-2H3,(H,21,23). The summed E-state index contributed by atoms with van der Waals surface area (Å²) in [6, 6.07) is 12.3. The molecule has 0 radical (unpaired) electrons. The molecule has 2 rings (SSSR count). The second-order valence-electron chi connectivity index (χ2n) is 5.92. The predicted molar refractivity (Wildman–Crippen MR) is 93.1 cm³/mol. The van der Waals surface area contributed by atoms with E-state index in [1.807, 2.05) is 36.7 Å². The second kappa shape index (κ2) is 9.06. The molecule has 0 aliphatic heterocycles. The minimum Gasteiger partial charge on any atom is -0.352 e. The van der Waals surface area contributed by atoms with Crippen molar-refractivity contribution in [1.82, 2.24) is 15.2 Å². The van der Waals surface area contributed by atoms with E-state index in [1.54, 1.807) is 0 Å². The molecule has 2 aromatic rings. The number of carbonyl (C=O) groups excluding carboxylic acids is 1. The van der Waals surface area contributed by atoms with E-state index in [2.05, 4.69) is 41.3 Å². The lowest BCUT2D eigenvalue weighted by atomic mass is 10.1. The molecule has 0 unspecified atom stereocenters. The minimum atomic E-state index is 0.0993. The first-order valence-electron chi connectivity index (χ1n) is 8.03. The first-order chi connectivity index (χ1) is 11.1. The molecule has 1 N–H and O–H groups in total. The first-order valence-corrected chi connectivity index (χ1v) is 8.03. The number of nitrogens with one attached hydrogen (secondary N) is 1. The van der Waals surface area contributed by atoms with E-state index < -0.39 is 0 Å². The Morgan fingerprint density at radius 2 is 1.91 bits per heavy atom. The van der Waals surface area contributed by atoms with Crippen molar-refractivity contribution in [3.8, 4) is 0 Å². The van der Waals surface area contributed by atoms with Crippen molar-refractivity contribution in [2.45, 2.75) is 26.3 Å². The highest BCUT2D eigenvalue weighted by molar-refractivity contribution is 5.76. The second-order valence-corrected chi connectivity index (χ2v) is 5.92. The van der Waals surface area contributed by atoms with Crippen molar-refractivity contribution in [3.05, 3.63) is 65.5 Å². The van der Waals surface area contributed by atoms with Crippen LogP contribution in [0.5, 0.6) is 0 Å². The van der Waals surface area contributed by atoms with Gasteiger partial charge in [-0.1, -0.05) is 29.8 Å². The van der Waals surface area contributed by atoms with Crippen LogP contribution < -0.4 is 5.32 Å². The van der Waals surface area contributed by atoms with Crippen molar-refractivity contribution in [1.29, 1.82) is 0 Å². The zero-order valence-electron chi connectivity index (χ0n) is 14.0. The number of likely N-dealkylation sites (N-methyl/N-ethyl adjacent to an activating group) is 1. The molecule has 23 heavy (non-hydrogen) atoms. The van der Waals surface area contributed by atoms with Gasteiger partial charge in [-0.2, -0.15) is 0 Å². The Hall–Kier alpha value is -2.20. The van der Waals surface area contributed by atoms with Gasteiger partial charge in [0.25, 0.3) is 0 Å². The van der Waals surface area contributed by atoms with E-state index in [0.29, 0.717) is 13.0 Å². The number of pyridine rings is 1. The van der Waals surface area contributed by atoms with Crippen LogP contribution in [0.25, 0.3) is 0 Å². The number of amides is 1. The molecule has 1 heterocycles. The first kappa shape index (κ1) is 17.2. The Morgan fingerprint density at radius 3 is 2.65 bits per heavy atom. The maximum absolute atomic E-state index is 11.9. The highest BCUT2D eigenvalue weighted by Crippen LogP contribution is 2.03. The Bertz CT molecular complexity index is 613. The fourth-order valence-electron chi connectivity index (χ4n) is 2.38. The van der Waals surface area contributed by atoms with Gasteiger partial charge in [0.1, 0.15) is 0 Å². The zero-order valence-corrected chi connectivity index (χ0v) is 14.0. The fourth-order valence-corrected chi connectivity index (χ4v) is 2.38. The van der Waals surface area contributed by atoms with Crippen LogP contribution in [0, 0.1) is 6.92 Å². The number of nitrogens with zero attached hydrogens (tertiary/aromatic N) is 2. The smallest absolute Gasteiger partial charge is 0.221 e. The van der Waals surface area contributed by atoms with E-state index in [4.69, 9.17) is 0 Å². The number of hydrogen-bond acceptors (Lipinski definition) is 3. The third-order valence-corrected chi connectivity index (χ3v) is 3.82. The van der Waals surface area contributed by atoms with Crippen LogP contribution in [0.2, 0.25) is 0 Å². The van der Waals surface area contributed by atoms with Crippen LogP contribution >= 0.6 is 0 Å². The lowest BCUT2D eigenvalue weighted by Crippen LogP contribution is -2.29. The van der Waals surface area contributed by atoms with Gasteiger partial charge in [0, 0.05) is 38.4 Å². The normalized spacial score (nSPS) is 10.7. The molecule has 122 valence electrons. The molecule has 4 nitrogen and oxygen atoms in total. The summed E-state index contributed by atoms with van der Waals surface area (Å²) in [6.45, 7) is 4.37. The Labute approximate surface area is 138 Å². The summed E-state index contributed by atoms with van der Waals surface area (Å²) in [7, 11) is 2.05. The van der Waals surface area contributed by atoms with E-state index in [0.717, 1.165) is 25.1 Å². The van der Waals surface area contributed by atoms with Crippen LogP contribution in [-0.4, -0.2) is 35.9 Å². The maximum Gasteiger partial charge on any atom is 0.221 e. The van der Waals surface area contributed by atoms with Crippen LogP contribution in [0.15, 0.2) is 48.8 Å². The molecule has 0 atom stereocenters. The van der Waals surface area contributed by atoms with Crippen molar-refractivity contribution in [3.63, 3.8) is 0 Å². The third kappa shape index (κ3) is 6.61. The van der Waals surface area contributed by atoms with Crippen LogP contribution in [0.1, 0.15) is 23.1 Å². The number of carbonyl (C=O) groups is 1. The number of benzene rings is 1.